The normalized spacial score (nSPS) is 14.0. The number of nitrogens with zero attached hydrogens (tertiary/aromatic N) is 3. The SMILES string of the molecule is Cc1ccc2cccc(OCc3c(Cl)ccc(S(=O)(=O)NC(C)(C)C(=O)N4CCN(C(=N)N)CC4)c3Cl)c2n1.O=C(O)C(F)(F)F. The Kier molecular flexibility index (Phi) is 11.4. The maximum Gasteiger partial charge on any atom is 0.490 e. The molecule has 0 radical (unpaired) electrons. The van der Waals surface area contributed by atoms with Crippen molar-refractivity contribution in [2.75, 3.05) is 26.2 Å². The number of piperazine rings is 1. The minimum absolute atomic E-state index is 0.0638. The first-order valence-corrected chi connectivity index (χ1v) is 15.7. The number of amides is 1. The Morgan fingerprint density at radius 1 is 1.07 bits per heavy atom. The van der Waals surface area contributed by atoms with Crippen LogP contribution in [0.15, 0.2) is 47.4 Å². The molecule has 250 valence electrons. The Labute approximate surface area is 272 Å². The molecule has 0 atom stereocenters. The van der Waals surface area contributed by atoms with E-state index in [0.29, 0.717) is 37.4 Å². The topological polar surface area (TPSA) is 179 Å². The van der Waals surface area contributed by atoms with E-state index in [2.05, 4.69) is 9.71 Å². The fraction of sp³-hybridized carbons (Fsp3) is 0.357. The van der Waals surface area contributed by atoms with Gasteiger partial charge in [0.15, 0.2) is 5.96 Å². The second-order valence-corrected chi connectivity index (χ2v) is 13.0. The molecule has 2 heterocycles. The number of aliphatic carboxylic acids is 1. The Morgan fingerprint density at radius 3 is 2.22 bits per heavy atom. The number of sulfonamides is 1. The number of ether oxygens (including phenoxy) is 1. The lowest BCUT2D eigenvalue weighted by Gasteiger charge is -2.38. The largest absolute Gasteiger partial charge is 0.490 e. The van der Waals surface area contributed by atoms with Crippen molar-refractivity contribution in [2.24, 2.45) is 5.73 Å². The number of nitrogens with one attached hydrogen (secondary N) is 2. The van der Waals surface area contributed by atoms with Crippen molar-refractivity contribution in [2.45, 2.75) is 44.0 Å². The van der Waals surface area contributed by atoms with Crippen molar-refractivity contribution < 1.29 is 41.0 Å². The van der Waals surface area contributed by atoms with Crippen LogP contribution in [-0.4, -0.2) is 84.0 Å². The molecule has 2 aromatic carbocycles. The van der Waals surface area contributed by atoms with Crippen LogP contribution < -0.4 is 15.2 Å². The van der Waals surface area contributed by atoms with Crippen LogP contribution >= 0.6 is 23.2 Å². The van der Waals surface area contributed by atoms with E-state index in [-0.39, 0.29) is 33.1 Å². The first-order chi connectivity index (χ1) is 21.2. The number of guanidine groups is 1. The molecule has 4 rings (SSSR count). The highest BCUT2D eigenvalue weighted by molar-refractivity contribution is 7.89. The number of benzene rings is 2. The number of halogens is 5. The molecule has 1 saturated heterocycles. The highest BCUT2D eigenvalue weighted by atomic mass is 35.5. The van der Waals surface area contributed by atoms with Gasteiger partial charge in [0.25, 0.3) is 0 Å². The Morgan fingerprint density at radius 2 is 1.65 bits per heavy atom. The number of rotatable bonds is 7. The quantitative estimate of drug-likeness (QED) is 0.207. The molecule has 5 N–H and O–H groups in total. The van der Waals surface area contributed by atoms with Crippen LogP contribution in [0.1, 0.15) is 25.1 Å². The van der Waals surface area contributed by atoms with E-state index in [0.717, 1.165) is 11.1 Å². The minimum Gasteiger partial charge on any atom is -0.487 e. The highest BCUT2D eigenvalue weighted by Crippen LogP contribution is 2.34. The van der Waals surface area contributed by atoms with Crippen molar-refractivity contribution in [3.05, 3.63) is 63.8 Å². The zero-order valence-electron chi connectivity index (χ0n) is 24.8. The molecule has 1 amide bonds. The first-order valence-electron chi connectivity index (χ1n) is 13.4. The van der Waals surface area contributed by atoms with Crippen molar-refractivity contribution >= 4 is 62.0 Å². The number of alkyl halides is 3. The van der Waals surface area contributed by atoms with Crippen LogP contribution in [0.2, 0.25) is 10.0 Å². The fourth-order valence-electron chi connectivity index (χ4n) is 4.38. The Hall–Kier alpha value is -3.86. The van der Waals surface area contributed by atoms with Gasteiger partial charge in [0.05, 0.1) is 5.02 Å². The second kappa shape index (κ2) is 14.3. The first kappa shape index (κ1) is 36.6. The van der Waals surface area contributed by atoms with Gasteiger partial charge in [0.1, 0.15) is 28.3 Å². The van der Waals surface area contributed by atoms with E-state index in [4.69, 9.17) is 49.0 Å². The summed E-state index contributed by atoms with van der Waals surface area (Å²) >= 11 is 13.0. The molecule has 12 nitrogen and oxygen atoms in total. The van der Waals surface area contributed by atoms with Crippen LogP contribution in [0, 0.1) is 12.3 Å². The standard InChI is InChI=1S/C26H30Cl2N6O4S.C2HF3O2/c1-16-7-8-17-5-4-6-20(23(17)31-16)38-15-18-19(27)9-10-21(22(18)28)39(36,37)32-26(2,3)24(35)33-11-13-34(14-12-33)25(29)30;3-2(4,5)1(6)7/h4-10,32H,11-15H2,1-3H3,(H3,29,30);(H,6,7). The lowest BCUT2D eigenvalue weighted by Crippen LogP contribution is -2.60. The maximum atomic E-state index is 13.4. The summed E-state index contributed by atoms with van der Waals surface area (Å²) in [4.78, 5) is 29.6. The van der Waals surface area contributed by atoms with Crippen molar-refractivity contribution in [3.8, 4) is 5.75 Å². The number of hydrogen-bond acceptors (Lipinski definition) is 7. The van der Waals surface area contributed by atoms with Gasteiger partial charge in [-0.05, 0) is 45.0 Å². The number of carboxylic acids is 1. The van der Waals surface area contributed by atoms with Crippen LogP contribution in [0.5, 0.6) is 5.75 Å². The van der Waals surface area contributed by atoms with Crippen LogP contribution in [0.4, 0.5) is 13.2 Å². The summed E-state index contributed by atoms with van der Waals surface area (Å²) in [7, 11) is -4.24. The zero-order valence-corrected chi connectivity index (χ0v) is 27.1. The van der Waals surface area contributed by atoms with E-state index in [1.165, 1.54) is 26.0 Å². The number of fused-ring (bicyclic) bond motifs is 1. The highest BCUT2D eigenvalue weighted by Gasteiger charge is 2.39. The molecular formula is C28H31Cl2F3N6O6S. The summed E-state index contributed by atoms with van der Waals surface area (Å²) in [6.45, 7) is 6.18. The van der Waals surface area contributed by atoms with Gasteiger partial charge in [0.2, 0.25) is 15.9 Å². The Bertz CT molecular complexity index is 1750. The molecule has 18 heteroatoms. The van der Waals surface area contributed by atoms with Crippen LogP contribution in [0.25, 0.3) is 10.9 Å². The van der Waals surface area contributed by atoms with E-state index >= 15 is 0 Å². The average molecular weight is 708 g/mol. The van der Waals surface area contributed by atoms with Gasteiger partial charge in [-0.25, -0.2) is 18.2 Å². The Balaban J connectivity index is 0.000000738. The number of para-hydroxylation sites is 1. The number of aromatic nitrogens is 1. The van der Waals surface area contributed by atoms with Crippen LogP contribution in [-0.2, 0) is 26.2 Å². The number of aryl methyl sites for hydroxylation is 1. The summed E-state index contributed by atoms with van der Waals surface area (Å²) in [5.41, 5.74) is 5.83. The number of hydrogen-bond donors (Lipinski definition) is 4. The maximum absolute atomic E-state index is 13.4. The van der Waals surface area contributed by atoms with E-state index < -0.39 is 33.6 Å². The van der Waals surface area contributed by atoms with Gasteiger partial charge in [-0.2, -0.15) is 17.9 Å². The molecule has 0 spiro atoms. The fourth-order valence-corrected chi connectivity index (χ4v) is 6.64. The molecule has 0 bridgehead atoms. The van der Waals surface area contributed by atoms with Crippen molar-refractivity contribution in [1.29, 1.82) is 5.41 Å². The van der Waals surface area contributed by atoms with E-state index in [1.807, 2.05) is 31.2 Å². The monoisotopic (exact) mass is 706 g/mol. The summed E-state index contributed by atoms with van der Waals surface area (Å²) in [5.74, 6) is -2.72. The molecule has 3 aromatic rings. The number of carbonyl (C=O) groups is 2. The van der Waals surface area contributed by atoms with Crippen molar-refractivity contribution in [3.63, 3.8) is 0 Å². The van der Waals surface area contributed by atoms with Crippen molar-refractivity contribution in [1.82, 2.24) is 19.5 Å². The lowest BCUT2D eigenvalue weighted by molar-refractivity contribution is -0.192. The molecule has 1 fully saturated rings. The molecule has 0 unspecified atom stereocenters. The van der Waals surface area contributed by atoms with Gasteiger partial charge in [-0.15, -0.1) is 0 Å². The van der Waals surface area contributed by atoms with Gasteiger partial charge in [-0.1, -0.05) is 41.4 Å². The van der Waals surface area contributed by atoms with Gasteiger partial charge in [0, 0.05) is 47.8 Å². The smallest absolute Gasteiger partial charge is 0.487 e. The summed E-state index contributed by atoms with van der Waals surface area (Å²) in [6.07, 6.45) is -5.08. The summed E-state index contributed by atoms with van der Waals surface area (Å²) in [5, 5.41) is 15.7. The lowest BCUT2D eigenvalue weighted by atomic mass is 10.0. The third-order valence-electron chi connectivity index (χ3n) is 6.71. The molecule has 1 aromatic heterocycles. The average Bonchev–Trinajstić information content (AvgIpc) is 2.96. The van der Waals surface area contributed by atoms with E-state index in [1.54, 1.807) is 15.9 Å². The predicted molar refractivity (Wildman–Crippen MR) is 165 cm³/mol. The third-order valence-corrected chi connectivity index (χ3v) is 9.31. The third kappa shape index (κ3) is 8.90. The summed E-state index contributed by atoms with van der Waals surface area (Å²) in [6, 6.07) is 12.1. The van der Waals surface area contributed by atoms with Gasteiger partial charge in [-0.3, -0.25) is 10.2 Å². The molecule has 0 aliphatic carbocycles. The van der Waals surface area contributed by atoms with Gasteiger partial charge >= 0.3 is 12.1 Å². The number of carbonyl (C=O) groups excluding carboxylic acids is 1. The number of nitrogens with two attached hydrogens (primary N) is 1. The molecular weight excluding hydrogens is 676 g/mol. The predicted octanol–water partition coefficient (Wildman–Crippen LogP) is 4.16. The molecule has 46 heavy (non-hydrogen) atoms. The molecule has 1 aliphatic rings. The molecule has 0 saturated carbocycles. The number of pyridine rings is 1. The summed E-state index contributed by atoms with van der Waals surface area (Å²) < 4.78 is 67.1. The molecule has 1 aliphatic heterocycles. The van der Waals surface area contributed by atoms with Gasteiger partial charge < -0.3 is 25.4 Å². The minimum atomic E-state index is -5.08. The second-order valence-electron chi connectivity index (χ2n) is 10.6. The van der Waals surface area contributed by atoms with Crippen LogP contribution in [0.3, 0.4) is 0 Å². The number of carboxylic acid groups (broad SMARTS) is 1. The van der Waals surface area contributed by atoms with E-state index in [9.17, 15) is 26.4 Å². The zero-order chi connectivity index (χ0) is 34.6.